The van der Waals surface area contributed by atoms with Crippen LogP contribution < -0.4 is 11.1 Å². The van der Waals surface area contributed by atoms with Crippen LogP contribution in [0, 0.1) is 17.1 Å². The first-order valence-corrected chi connectivity index (χ1v) is 17.3. The number of carbonyl (C=O) groups excluding carboxylic acids is 1. The van der Waals surface area contributed by atoms with Gasteiger partial charge in [0.15, 0.2) is 11.6 Å². The molecule has 1 unspecified atom stereocenters. The molecule has 0 aliphatic heterocycles. The third-order valence-corrected chi connectivity index (χ3v) is 9.58. The third kappa shape index (κ3) is 6.41. The number of halogens is 1. The highest BCUT2D eigenvalue weighted by Gasteiger charge is 2.42. The number of imidazole rings is 1. The molecule has 7 nitrogen and oxygen atoms in total. The lowest BCUT2D eigenvalue weighted by Crippen LogP contribution is -2.39. The molecule has 1 heterocycles. The number of amides is 1. The van der Waals surface area contributed by atoms with Crippen LogP contribution in [-0.4, -0.2) is 20.6 Å². The largest absolute Gasteiger partial charge is 0.505 e. The zero-order valence-electron chi connectivity index (χ0n) is 28.9. The number of anilines is 1. The van der Waals surface area contributed by atoms with Gasteiger partial charge in [-0.05, 0) is 65.1 Å². The van der Waals surface area contributed by atoms with E-state index in [9.17, 15) is 15.2 Å². The van der Waals surface area contributed by atoms with Gasteiger partial charge in [-0.25, -0.2) is 9.37 Å². The lowest BCUT2D eigenvalue weighted by atomic mass is 9.76. The zero-order valence-corrected chi connectivity index (χ0v) is 28.9. The maximum Gasteiger partial charge on any atom is 0.249 e. The molecule has 0 bridgehead atoms. The summed E-state index contributed by atoms with van der Waals surface area (Å²) in [6, 6.07) is 48.2. The average molecular weight is 698 g/mol. The number of aromatic hydroxyl groups is 1. The number of rotatable bonds is 11. The Morgan fingerprint density at radius 1 is 0.849 bits per heavy atom. The minimum Gasteiger partial charge on any atom is -0.505 e. The van der Waals surface area contributed by atoms with Gasteiger partial charge in [0, 0.05) is 28.6 Å². The molecule has 0 aliphatic rings. The molecular formula is C45H36FN5O2. The number of phenolic OH excluding ortho intramolecular Hbond substituents is 1. The van der Waals surface area contributed by atoms with Crippen LogP contribution in [0.25, 0.3) is 11.3 Å². The molecule has 0 radical (unpaired) electrons. The lowest BCUT2D eigenvalue weighted by Gasteiger charge is -2.39. The summed E-state index contributed by atoms with van der Waals surface area (Å²) in [7, 11) is 0. The summed E-state index contributed by atoms with van der Waals surface area (Å²) >= 11 is 0. The maximum absolute atomic E-state index is 16.5. The second kappa shape index (κ2) is 14.7. The minimum absolute atomic E-state index is 0.163. The molecule has 1 aromatic heterocycles. The van der Waals surface area contributed by atoms with Crippen LogP contribution in [0.1, 0.15) is 62.5 Å². The van der Waals surface area contributed by atoms with Gasteiger partial charge in [-0.1, -0.05) is 122 Å². The second-order valence-electron chi connectivity index (χ2n) is 12.7. The molecule has 1 atom stereocenters. The Hall–Kier alpha value is -6.98. The molecule has 7 rings (SSSR count). The average Bonchev–Trinajstić information content (AvgIpc) is 3.65. The lowest BCUT2D eigenvalue weighted by molar-refractivity contribution is 0.100. The van der Waals surface area contributed by atoms with Crippen molar-refractivity contribution < 1.29 is 14.3 Å². The van der Waals surface area contributed by atoms with Crippen molar-refractivity contribution in [1.82, 2.24) is 9.55 Å². The number of hydrogen-bond acceptors (Lipinski definition) is 5. The molecule has 0 saturated carbocycles. The highest BCUT2D eigenvalue weighted by molar-refractivity contribution is 5.99. The Kier molecular flexibility index (Phi) is 9.56. The number of hydrogen-bond donors (Lipinski definition) is 3. The molecule has 0 fully saturated rings. The van der Waals surface area contributed by atoms with Crippen molar-refractivity contribution in [3.05, 3.63) is 208 Å². The SMILES string of the molecule is CCc1cc(O)c(F)c(C(Nc2ccc(C#N)cc2)c2nc(-c3ccccc3C(N)=O)cn2C(c2ccccc2)(c2ccccc2)c2ccccc2)c1. The number of nitrogens with zero attached hydrogens (tertiary/aromatic N) is 3. The van der Waals surface area contributed by atoms with Crippen molar-refractivity contribution in [2.45, 2.75) is 24.9 Å². The van der Waals surface area contributed by atoms with E-state index in [1.807, 2.05) is 115 Å². The fourth-order valence-electron chi connectivity index (χ4n) is 7.07. The Bertz CT molecular complexity index is 2330. The molecule has 1 amide bonds. The van der Waals surface area contributed by atoms with Gasteiger partial charge in [-0.15, -0.1) is 0 Å². The third-order valence-electron chi connectivity index (χ3n) is 9.58. The van der Waals surface area contributed by atoms with Gasteiger partial charge in [-0.3, -0.25) is 4.79 Å². The van der Waals surface area contributed by atoms with Crippen molar-refractivity contribution in [2.75, 3.05) is 5.32 Å². The normalized spacial score (nSPS) is 11.8. The van der Waals surface area contributed by atoms with Gasteiger partial charge in [0.1, 0.15) is 17.4 Å². The minimum atomic E-state index is -1.10. The first-order valence-electron chi connectivity index (χ1n) is 17.3. The summed E-state index contributed by atoms with van der Waals surface area (Å²) in [5.74, 6) is -1.52. The van der Waals surface area contributed by atoms with E-state index in [0.717, 1.165) is 22.3 Å². The van der Waals surface area contributed by atoms with Gasteiger partial charge in [-0.2, -0.15) is 5.26 Å². The molecule has 260 valence electrons. The number of phenols is 1. The molecule has 6 aromatic carbocycles. The van der Waals surface area contributed by atoms with Crippen LogP contribution in [0.5, 0.6) is 5.75 Å². The van der Waals surface area contributed by atoms with E-state index in [-0.39, 0.29) is 11.1 Å². The number of aryl methyl sites for hydroxylation is 1. The van der Waals surface area contributed by atoms with Crippen molar-refractivity contribution in [1.29, 1.82) is 5.26 Å². The van der Waals surface area contributed by atoms with E-state index in [4.69, 9.17) is 10.7 Å². The molecule has 4 N–H and O–H groups in total. The molecule has 8 heteroatoms. The molecule has 0 aliphatic carbocycles. The molecule has 0 spiro atoms. The summed E-state index contributed by atoms with van der Waals surface area (Å²) in [5.41, 5.74) is 10.7. The standard InChI is InChI=1S/C45H36FN5O2/c1-2-30-26-38(41(46)40(52)27-30)42(49-35-24-22-31(28-47)23-25-35)44-50-39(36-20-12-13-21-37(36)43(48)53)29-51(44)45(32-14-6-3-7-15-32,33-16-8-4-9-17-33)34-18-10-5-11-19-34/h3-27,29,42,49,52H,2H2,1H3,(H2,48,53). The monoisotopic (exact) mass is 697 g/mol. The van der Waals surface area contributed by atoms with Gasteiger partial charge < -0.3 is 20.7 Å². The zero-order chi connectivity index (χ0) is 37.0. The number of nitrogens with two attached hydrogens (primary N) is 1. The van der Waals surface area contributed by atoms with E-state index in [1.165, 1.54) is 6.07 Å². The molecule has 0 saturated heterocycles. The Labute approximate surface area is 307 Å². The number of nitriles is 1. The molecule has 53 heavy (non-hydrogen) atoms. The summed E-state index contributed by atoms with van der Waals surface area (Å²) in [4.78, 5) is 18.1. The van der Waals surface area contributed by atoms with Crippen molar-refractivity contribution in [2.24, 2.45) is 5.73 Å². The van der Waals surface area contributed by atoms with E-state index >= 15 is 4.39 Å². The summed E-state index contributed by atoms with van der Waals surface area (Å²) < 4.78 is 18.6. The van der Waals surface area contributed by atoms with Crippen molar-refractivity contribution >= 4 is 11.6 Å². The first kappa shape index (κ1) is 34.5. The van der Waals surface area contributed by atoms with E-state index < -0.39 is 29.1 Å². The van der Waals surface area contributed by atoms with Gasteiger partial charge in [0.25, 0.3) is 0 Å². The Balaban J connectivity index is 1.65. The number of benzene rings is 6. The van der Waals surface area contributed by atoms with Crippen LogP contribution in [0.2, 0.25) is 0 Å². The van der Waals surface area contributed by atoms with Gasteiger partial charge in [0.2, 0.25) is 5.91 Å². The molecule has 7 aromatic rings. The fourth-order valence-corrected chi connectivity index (χ4v) is 7.07. The second-order valence-corrected chi connectivity index (χ2v) is 12.7. The number of primary amides is 1. The predicted molar refractivity (Wildman–Crippen MR) is 205 cm³/mol. The van der Waals surface area contributed by atoms with Crippen LogP contribution in [0.3, 0.4) is 0 Å². The smallest absolute Gasteiger partial charge is 0.249 e. The highest BCUT2D eigenvalue weighted by atomic mass is 19.1. The topological polar surface area (TPSA) is 117 Å². The quantitative estimate of drug-likeness (QED) is 0.117. The van der Waals surface area contributed by atoms with Gasteiger partial charge in [0.05, 0.1) is 17.3 Å². The maximum atomic E-state index is 16.5. The Morgan fingerprint density at radius 2 is 1.40 bits per heavy atom. The van der Waals surface area contributed by atoms with E-state index in [0.29, 0.717) is 34.8 Å². The van der Waals surface area contributed by atoms with Gasteiger partial charge >= 0.3 is 0 Å². The summed E-state index contributed by atoms with van der Waals surface area (Å²) in [5, 5.41) is 24.0. The van der Waals surface area contributed by atoms with Crippen LogP contribution in [0.4, 0.5) is 10.1 Å². The number of carbonyl (C=O) groups is 1. The summed E-state index contributed by atoms with van der Waals surface area (Å²) in [6.07, 6.45) is 2.43. The fraction of sp³-hybridized carbons (Fsp3) is 0.0889. The van der Waals surface area contributed by atoms with Crippen LogP contribution >= 0.6 is 0 Å². The van der Waals surface area contributed by atoms with Crippen molar-refractivity contribution in [3.63, 3.8) is 0 Å². The summed E-state index contributed by atoms with van der Waals surface area (Å²) in [6.45, 7) is 1.94. The number of nitrogens with one attached hydrogen (secondary N) is 1. The van der Waals surface area contributed by atoms with Crippen LogP contribution in [-0.2, 0) is 12.0 Å². The highest BCUT2D eigenvalue weighted by Crippen LogP contribution is 2.45. The molecular weight excluding hydrogens is 662 g/mol. The van der Waals surface area contributed by atoms with Crippen LogP contribution in [0.15, 0.2) is 158 Å². The van der Waals surface area contributed by atoms with E-state index in [1.54, 1.807) is 48.5 Å². The van der Waals surface area contributed by atoms with Crippen molar-refractivity contribution in [3.8, 4) is 23.1 Å². The number of aromatic nitrogens is 2. The predicted octanol–water partition coefficient (Wildman–Crippen LogP) is 8.97. The first-order chi connectivity index (χ1) is 25.8. The Morgan fingerprint density at radius 3 is 1.92 bits per heavy atom. The van der Waals surface area contributed by atoms with E-state index in [2.05, 4.69) is 11.4 Å².